The Kier molecular flexibility index (Phi) is 4.04. The van der Waals surface area contributed by atoms with Gasteiger partial charge in [-0.25, -0.2) is 4.98 Å². The fourth-order valence-corrected chi connectivity index (χ4v) is 1.76. The van der Waals surface area contributed by atoms with Gasteiger partial charge in [-0.1, -0.05) is 20.8 Å². The van der Waals surface area contributed by atoms with E-state index in [-0.39, 0.29) is 5.78 Å². The van der Waals surface area contributed by atoms with Gasteiger partial charge in [0.15, 0.2) is 5.78 Å². The number of nitriles is 1. The summed E-state index contributed by atoms with van der Waals surface area (Å²) in [6.07, 6.45) is 1.55. The molecular formula is C17H16N2O2. The van der Waals surface area contributed by atoms with Gasteiger partial charge in [-0.05, 0) is 30.3 Å². The first-order valence-corrected chi connectivity index (χ1v) is 6.59. The van der Waals surface area contributed by atoms with Gasteiger partial charge >= 0.3 is 0 Å². The smallest absolute Gasteiger partial charge is 0.219 e. The second kappa shape index (κ2) is 5.76. The topological polar surface area (TPSA) is 63.0 Å². The lowest BCUT2D eigenvalue weighted by molar-refractivity contribution is 0.0858. The molecule has 4 nitrogen and oxygen atoms in total. The highest BCUT2D eigenvalue weighted by Crippen LogP contribution is 2.24. The minimum atomic E-state index is -0.451. The van der Waals surface area contributed by atoms with Crippen molar-refractivity contribution in [3.8, 4) is 17.7 Å². The molecule has 0 atom stereocenters. The second-order valence-corrected chi connectivity index (χ2v) is 5.70. The van der Waals surface area contributed by atoms with Crippen LogP contribution in [0.3, 0.4) is 0 Å². The molecule has 21 heavy (non-hydrogen) atoms. The van der Waals surface area contributed by atoms with E-state index < -0.39 is 5.41 Å². The molecule has 0 amide bonds. The molecule has 2 aromatic rings. The SMILES string of the molecule is CC(C)(C)C(=O)c1ccnc(Oc2ccc(C#N)cc2)c1. The minimum Gasteiger partial charge on any atom is -0.439 e. The van der Waals surface area contributed by atoms with Crippen molar-refractivity contribution in [1.82, 2.24) is 4.98 Å². The summed E-state index contributed by atoms with van der Waals surface area (Å²) in [6.45, 7) is 5.62. The van der Waals surface area contributed by atoms with E-state index in [0.29, 0.717) is 22.8 Å². The monoisotopic (exact) mass is 280 g/mol. The quantitative estimate of drug-likeness (QED) is 0.798. The summed E-state index contributed by atoms with van der Waals surface area (Å²) >= 11 is 0. The molecule has 0 aliphatic rings. The maximum atomic E-state index is 12.2. The van der Waals surface area contributed by atoms with E-state index in [1.165, 1.54) is 0 Å². The number of hydrogen-bond donors (Lipinski definition) is 0. The molecule has 0 fully saturated rings. The summed E-state index contributed by atoms with van der Waals surface area (Å²) < 4.78 is 5.61. The third-order valence-corrected chi connectivity index (χ3v) is 2.88. The van der Waals surface area contributed by atoms with Crippen LogP contribution in [0.2, 0.25) is 0 Å². The standard InChI is InChI=1S/C17H16N2O2/c1-17(2,3)16(20)13-8-9-19-15(10-13)21-14-6-4-12(11-18)5-7-14/h4-10H,1-3H3. The third-order valence-electron chi connectivity index (χ3n) is 2.88. The lowest BCUT2D eigenvalue weighted by Gasteiger charge is -2.16. The van der Waals surface area contributed by atoms with Gasteiger partial charge < -0.3 is 4.74 Å². The minimum absolute atomic E-state index is 0.0366. The Labute approximate surface area is 124 Å². The van der Waals surface area contributed by atoms with Crippen molar-refractivity contribution in [1.29, 1.82) is 5.26 Å². The maximum absolute atomic E-state index is 12.2. The molecule has 1 aromatic heterocycles. The first-order chi connectivity index (χ1) is 9.90. The Morgan fingerprint density at radius 2 is 1.86 bits per heavy atom. The van der Waals surface area contributed by atoms with Crippen LogP contribution < -0.4 is 4.74 Å². The number of ether oxygens (including phenoxy) is 1. The lowest BCUT2D eigenvalue weighted by Crippen LogP contribution is -2.20. The van der Waals surface area contributed by atoms with E-state index in [1.807, 2.05) is 26.8 Å². The van der Waals surface area contributed by atoms with Crippen molar-refractivity contribution >= 4 is 5.78 Å². The van der Waals surface area contributed by atoms with Gasteiger partial charge in [0.25, 0.3) is 0 Å². The van der Waals surface area contributed by atoms with E-state index in [4.69, 9.17) is 10.00 Å². The summed E-state index contributed by atoms with van der Waals surface area (Å²) in [5.41, 5.74) is 0.681. The molecule has 2 rings (SSSR count). The van der Waals surface area contributed by atoms with Gasteiger partial charge in [0, 0.05) is 23.2 Å². The van der Waals surface area contributed by atoms with Gasteiger partial charge in [-0.2, -0.15) is 5.26 Å². The first-order valence-electron chi connectivity index (χ1n) is 6.59. The zero-order valence-electron chi connectivity index (χ0n) is 12.3. The van der Waals surface area contributed by atoms with Gasteiger partial charge in [-0.15, -0.1) is 0 Å². The molecule has 4 heteroatoms. The van der Waals surface area contributed by atoms with Crippen LogP contribution in [0.4, 0.5) is 0 Å². The normalized spacial score (nSPS) is 10.8. The number of pyridine rings is 1. The third kappa shape index (κ3) is 3.67. The van der Waals surface area contributed by atoms with Gasteiger partial charge in [0.2, 0.25) is 5.88 Å². The van der Waals surface area contributed by atoms with E-state index >= 15 is 0 Å². The Hall–Kier alpha value is -2.67. The van der Waals surface area contributed by atoms with Crippen LogP contribution in [0, 0.1) is 16.7 Å². The molecule has 0 radical (unpaired) electrons. The number of rotatable bonds is 3. The molecule has 0 aliphatic carbocycles. The summed E-state index contributed by atoms with van der Waals surface area (Å²) in [7, 11) is 0. The van der Waals surface area contributed by atoms with Crippen LogP contribution >= 0.6 is 0 Å². The zero-order valence-corrected chi connectivity index (χ0v) is 12.3. The summed E-state index contributed by atoms with van der Waals surface area (Å²) in [5.74, 6) is 0.964. The highest BCUT2D eigenvalue weighted by molar-refractivity contribution is 5.99. The maximum Gasteiger partial charge on any atom is 0.219 e. The van der Waals surface area contributed by atoms with Crippen LogP contribution in [0.25, 0.3) is 0 Å². The first kappa shape index (κ1) is 14.7. The summed E-state index contributed by atoms with van der Waals surface area (Å²) in [6, 6.07) is 12.1. The second-order valence-electron chi connectivity index (χ2n) is 5.70. The van der Waals surface area contributed by atoms with Crippen molar-refractivity contribution in [2.75, 3.05) is 0 Å². The number of hydrogen-bond acceptors (Lipinski definition) is 4. The number of Topliss-reactive ketones (excluding diaryl/α,β-unsaturated/α-hetero) is 1. The van der Waals surface area contributed by atoms with Crippen molar-refractivity contribution in [2.24, 2.45) is 5.41 Å². The van der Waals surface area contributed by atoms with Crippen LogP contribution in [0.1, 0.15) is 36.7 Å². The molecule has 0 saturated heterocycles. The fraction of sp³-hybridized carbons (Fsp3) is 0.235. The number of carbonyl (C=O) groups is 1. The predicted molar refractivity (Wildman–Crippen MR) is 79.3 cm³/mol. The van der Waals surface area contributed by atoms with E-state index in [1.54, 1.807) is 42.6 Å². The molecule has 1 heterocycles. The average molecular weight is 280 g/mol. The van der Waals surface area contributed by atoms with Crippen molar-refractivity contribution in [3.63, 3.8) is 0 Å². The van der Waals surface area contributed by atoms with Gasteiger partial charge in [0.1, 0.15) is 5.75 Å². The van der Waals surface area contributed by atoms with Gasteiger partial charge in [0.05, 0.1) is 11.6 Å². The van der Waals surface area contributed by atoms with Gasteiger partial charge in [-0.3, -0.25) is 4.79 Å². The van der Waals surface area contributed by atoms with Crippen LogP contribution in [0.15, 0.2) is 42.6 Å². The molecule has 106 valence electrons. The Morgan fingerprint density at radius 1 is 1.19 bits per heavy atom. The molecule has 1 aromatic carbocycles. The number of ketones is 1. The molecule has 0 N–H and O–H groups in total. The van der Waals surface area contributed by atoms with E-state index in [2.05, 4.69) is 4.98 Å². The summed E-state index contributed by atoms with van der Waals surface area (Å²) in [5, 5.41) is 8.75. The lowest BCUT2D eigenvalue weighted by atomic mass is 9.87. The molecule has 0 aliphatic heterocycles. The molecule has 0 unspecified atom stereocenters. The zero-order chi connectivity index (χ0) is 15.5. The van der Waals surface area contributed by atoms with Crippen LogP contribution in [-0.4, -0.2) is 10.8 Å². The average Bonchev–Trinajstić information content (AvgIpc) is 2.46. The van der Waals surface area contributed by atoms with Crippen LogP contribution in [-0.2, 0) is 0 Å². The number of benzene rings is 1. The molecule has 0 bridgehead atoms. The highest BCUT2D eigenvalue weighted by Gasteiger charge is 2.23. The van der Waals surface area contributed by atoms with Crippen molar-refractivity contribution in [2.45, 2.75) is 20.8 Å². The highest BCUT2D eigenvalue weighted by atomic mass is 16.5. The number of carbonyl (C=O) groups excluding carboxylic acids is 1. The largest absolute Gasteiger partial charge is 0.439 e. The number of aromatic nitrogens is 1. The van der Waals surface area contributed by atoms with Crippen molar-refractivity contribution < 1.29 is 9.53 Å². The molecular weight excluding hydrogens is 264 g/mol. The molecule has 0 spiro atoms. The Bertz CT molecular complexity index is 692. The van der Waals surface area contributed by atoms with E-state index in [0.717, 1.165) is 0 Å². The number of nitrogens with zero attached hydrogens (tertiary/aromatic N) is 2. The predicted octanol–water partition coefficient (Wildman–Crippen LogP) is 3.97. The Morgan fingerprint density at radius 3 is 2.43 bits per heavy atom. The fourth-order valence-electron chi connectivity index (χ4n) is 1.76. The molecule has 0 saturated carbocycles. The van der Waals surface area contributed by atoms with Crippen molar-refractivity contribution in [3.05, 3.63) is 53.7 Å². The Balaban J connectivity index is 2.21. The summed E-state index contributed by atoms with van der Waals surface area (Å²) in [4.78, 5) is 16.3. The van der Waals surface area contributed by atoms with E-state index in [9.17, 15) is 4.79 Å². The van der Waals surface area contributed by atoms with Crippen LogP contribution in [0.5, 0.6) is 11.6 Å².